The van der Waals surface area contributed by atoms with Gasteiger partial charge in [0, 0.05) is 36.3 Å². The Bertz CT molecular complexity index is 1270. The first kappa shape index (κ1) is 33.6. The molecular formula is C28H36F3N3O6S. The van der Waals surface area contributed by atoms with Gasteiger partial charge in [-0.2, -0.15) is 13.2 Å². The summed E-state index contributed by atoms with van der Waals surface area (Å²) in [5.74, 6) is -2.86. The predicted molar refractivity (Wildman–Crippen MR) is 148 cm³/mol. The van der Waals surface area contributed by atoms with E-state index in [2.05, 4.69) is 17.0 Å². The Balaban J connectivity index is 0.000000745. The number of nitrogens with one attached hydrogen (secondary N) is 2. The number of sulfonamides is 1. The van der Waals surface area contributed by atoms with Crippen LogP contribution in [0.25, 0.3) is 0 Å². The maximum absolute atomic E-state index is 12.9. The van der Waals surface area contributed by atoms with Crippen LogP contribution >= 0.6 is 0 Å². The normalized spacial score (nSPS) is 14.8. The van der Waals surface area contributed by atoms with Crippen LogP contribution in [0.3, 0.4) is 0 Å². The van der Waals surface area contributed by atoms with Crippen LogP contribution in [0.5, 0.6) is 0 Å². The van der Waals surface area contributed by atoms with Crippen molar-refractivity contribution >= 4 is 33.5 Å². The van der Waals surface area contributed by atoms with Crippen LogP contribution in [0.2, 0.25) is 0 Å². The lowest BCUT2D eigenvalue weighted by molar-refractivity contribution is -0.192. The SMILES string of the molecule is CCCc1ccc(S(=O)(=O)Nc2ccc(C(=O)N3CCC(C(=O)NC(C)CC)CC3)cc2)cc1.O=C(O)C(F)(F)F. The number of piperidine rings is 1. The number of hydrogen-bond donors (Lipinski definition) is 3. The fraction of sp³-hybridized carbons (Fsp3) is 0.464. The van der Waals surface area contributed by atoms with Crippen molar-refractivity contribution in [3.05, 3.63) is 59.7 Å². The maximum atomic E-state index is 12.9. The molecule has 0 spiro atoms. The average Bonchev–Trinajstić information content (AvgIpc) is 2.93. The van der Waals surface area contributed by atoms with E-state index >= 15 is 0 Å². The molecule has 1 heterocycles. The second kappa shape index (κ2) is 14.9. The van der Waals surface area contributed by atoms with Crippen molar-refractivity contribution in [1.82, 2.24) is 10.2 Å². The Kier molecular flexibility index (Phi) is 12.2. The Hall–Kier alpha value is -3.61. The van der Waals surface area contributed by atoms with Crippen molar-refractivity contribution in [2.45, 2.75) is 70.0 Å². The number of anilines is 1. The van der Waals surface area contributed by atoms with Gasteiger partial charge in [0.1, 0.15) is 0 Å². The number of alkyl halides is 3. The van der Waals surface area contributed by atoms with E-state index in [1.807, 2.05) is 26.0 Å². The zero-order valence-corrected chi connectivity index (χ0v) is 24.0. The van der Waals surface area contributed by atoms with Crippen molar-refractivity contribution in [1.29, 1.82) is 0 Å². The third kappa shape index (κ3) is 10.4. The minimum Gasteiger partial charge on any atom is -0.475 e. The first-order chi connectivity index (χ1) is 19.2. The molecule has 9 nitrogen and oxygen atoms in total. The van der Waals surface area contributed by atoms with Crippen LogP contribution < -0.4 is 10.0 Å². The summed E-state index contributed by atoms with van der Waals surface area (Å²) in [5, 5.41) is 10.1. The molecule has 1 saturated heterocycles. The number of benzene rings is 2. The number of carbonyl (C=O) groups excluding carboxylic acids is 2. The molecule has 0 saturated carbocycles. The van der Waals surface area contributed by atoms with Gasteiger partial charge >= 0.3 is 12.1 Å². The molecule has 1 atom stereocenters. The molecule has 3 N–H and O–H groups in total. The third-order valence-electron chi connectivity index (χ3n) is 6.55. The van der Waals surface area contributed by atoms with Crippen LogP contribution in [0.15, 0.2) is 53.4 Å². The van der Waals surface area contributed by atoms with E-state index in [1.165, 1.54) is 0 Å². The summed E-state index contributed by atoms with van der Waals surface area (Å²) in [6.45, 7) is 7.16. The minimum absolute atomic E-state index is 0.0640. The summed E-state index contributed by atoms with van der Waals surface area (Å²) >= 11 is 0. The Morgan fingerprint density at radius 1 is 1.00 bits per heavy atom. The lowest BCUT2D eigenvalue weighted by Gasteiger charge is -2.32. The van der Waals surface area contributed by atoms with Gasteiger partial charge in [0.15, 0.2) is 0 Å². The summed E-state index contributed by atoms with van der Waals surface area (Å²) < 4.78 is 59.7. The van der Waals surface area contributed by atoms with Crippen molar-refractivity contribution in [2.24, 2.45) is 5.92 Å². The summed E-state index contributed by atoms with van der Waals surface area (Å²) in [6.07, 6.45) is -1.00. The highest BCUT2D eigenvalue weighted by atomic mass is 32.2. The topological polar surface area (TPSA) is 133 Å². The minimum atomic E-state index is -5.08. The molecule has 1 unspecified atom stereocenters. The summed E-state index contributed by atoms with van der Waals surface area (Å²) in [6, 6.07) is 13.5. The number of hydrogen-bond acceptors (Lipinski definition) is 5. The number of aryl methyl sites for hydroxylation is 1. The highest BCUT2D eigenvalue weighted by Gasteiger charge is 2.38. The van der Waals surface area contributed by atoms with E-state index in [9.17, 15) is 31.2 Å². The van der Waals surface area contributed by atoms with E-state index in [0.717, 1.165) is 24.8 Å². The highest BCUT2D eigenvalue weighted by Crippen LogP contribution is 2.22. The zero-order chi connectivity index (χ0) is 30.8. The van der Waals surface area contributed by atoms with Crippen LogP contribution in [0.1, 0.15) is 62.4 Å². The number of amides is 2. The number of halogens is 3. The molecule has 41 heavy (non-hydrogen) atoms. The fourth-order valence-electron chi connectivity index (χ4n) is 4.01. The van der Waals surface area contributed by atoms with Crippen LogP contribution in [-0.4, -0.2) is 61.5 Å². The van der Waals surface area contributed by atoms with Crippen LogP contribution in [0, 0.1) is 5.92 Å². The van der Waals surface area contributed by atoms with E-state index < -0.39 is 22.2 Å². The molecule has 13 heteroatoms. The number of aliphatic carboxylic acids is 1. The van der Waals surface area contributed by atoms with Crippen molar-refractivity contribution in [2.75, 3.05) is 17.8 Å². The van der Waals surface area contributed by atoms with E-state index in [4.69, 9.17) is 9.90 Å². The van der Waals surface area contributed by atoms with Crippen LogP contribution in [0.4, 0.5) is 18.9 Å². The smallest absolute Gasteiger partial charge is 0.475 e. The Morgan fingerprint density at radius 2 is 1.54 bits per heavy atom. The molecule has 2 aromatic rings. The second-order valence-electron chi connectivity index (χ2n) is 9.76. The van der Waals surface area contributed by atoms with Gasteiger partial charge in [0.05, 0.1) is 4.90 Å². The quantitative estimate of drug-likeness (QED) is 0.378. The van der Waals surface area contributed by atoms with Crippen molar-refractivity contribution < 1.29 is 41.1 Å². The van der Waals surface area contributed by atoms with Gasteiger partial charge in [-0.3, -0.25) is 14.3 Å². The molecule has 3 rings (SSSR count). The zero-order valence-electron chi connectivity index (χ0n) is 23.2. The highest BCUT2D eigenvalue weighted by molar-refractivity contribution is 7.92. The van der Waals surface area contributed by atoms with Gasteiger partial charge in [-0.05, 0) is 74.6 Å². The maximum Gasteiger partial charge on any atom is 0.490 e. The molecule has 226 valence electrons. The largest absolute Gasteiger partial charge is 0.490 e. The van der Waals surface area contributed by atoms with Crippen molar-refractivity contribution in [3.8, 4) is 0 Å². The number of carbonyl (C=O) groups is 3. The molecule has 1 aliphatic heterocycles. The van der Waals surface area contributed by atoms with Gasteiger partial charge < -0.3 is 15.3 Å². The Morgan fingerprint density at radius 3 is 2.00 bits per heavy atom. The summed E-state index contributed by atoms with van der Waals surface area (Å²) in [7, 11) is -3.71. The summed E-state index contributed by atoms with van der Waals surface area (Å²) in [4.78, 5) is 36.1. The molecule has 1 fully saturated rings. The van der Waals surface area contributed by atoms with Crippen LogP contribution in [-0.2, 0) is 26.0 Å². The number of carboxylic acid groups (broad SMARTS) is 1. The van der Waals surface area contributed by atoms with Gasteiger partial charge in [0.25, 0.3) is 15.9 Å². The third-order valence-corrected chi connectivity index (χ3v) is 7.95. The monoisotopic (exact) mass is 599 g/mol. The lowest BCUT2D eigenvalue weighted by atomic mass is 9.95. The molecule has 2 aromatic carbocycles. The van der Waals surface area contributed by atoms with Gasteiger partial charge in [0.2, 0.25) is 5.91 Å². The molecule has 0 aliphatic carbocycles. The van der Waals surface area contributed by atoms with Gasteiger partial charge in [-0.25, -0.2) is 13.2 Å². The lowest BCUT2D eigenvalue weighted by Crippen LogP contribution is -2.44. The van der Waals surface area contributed by atoms with E-state index in [0.29, 0.717) is 37.2 Å². The second-order valence-corrected chi connectivity index (χ2v) is 11.4. The standard InChI is InChI=1S/C26H35N3O4S.C2HF3O2/c1-4-6-20-7-13-24(14-8-20)34(32,33)28-23-11-9-22(10-12-23)26(31)29-17-15-21(16-18-29)25(30)27-19(3)5-2;3-2(4,5)1(6)7/h7-14,19,21,28H,4-6,15-18H2,1-3H3,(H,27,30);(H,6,7). The summed E-state index contributed by atoms with van der Waals surface area (Å²) in [5.41, 5.74) is 1.99. The molecular weight excluding hydrogens is 563 g/mol. The average molecular weight is 600 g/mol. The predicted octanol–water partition coefficient (Wildman–Crippen LogP) is 4.84. The Labute approximate surface area is 238 Å². The molecule has 0 bridgehead atoms. The fourth-order valence-corrected chi connectivity index (χ4v) is 5.07. The number of carboxylic acids is 1. The molecule has 0 radical (unpaired) electrons. The molecule has 2 amide bonds. The van der Waals surface area contributed by atoms with E-state index in [1.54, 1.807) is 41.3 Å². The molecule has 0 aromatic heterocycles. The number of likely N-dealkylation sites (tertiary alicyclic amines) is 1. The first-order valence-electron chi connectivity index (χ1n) is 13.3. The van der Waals surface area contributed by atoms with E-state index in [-0.39, 0.29) is 28.7 Å². The van der Waals surface area contributed by atoms with Gasteiger partial charge in [-0.1, -0.05) is 32.4 Å². The number of rotatable bonds is 9. The van der Waals surface area contributed by atoms with Crippen molar-refractivity contribution in [3.63, 3.8) is 0 Å². The molecule has 1 aliphatic rings. The van der Waals surface area contributed by atoms with Gasteiger partial charge in [-0.15, -0.1) is 0 Å². The first-order valence-corrected chi connectivity index (χ1v) is 14.8. The number of nitrogens with zero attached hydrogens (tertiary/aromatic N) is 1.